The maximum Gasteiger partial charge on any atom is 0.248 e. The van der Waals surface area contributed by atoms with Gasteiger partial charge >= 0.3 is 0 Å². The van der Waals surface area contributed by atoms with Crippen LogP contribution in [0.3, 0.4) is 0 Å². The van der Waals surface area contributed by atoms with Crippen LogP contribution in [0.1, 0.15) is 22.4 Å². The van der Waals surface area contributed by atoms with Crippen molar-refractivity contribution in [2.24, 2.45) is 10.1 Å². The van der Waals surface area contributed by atoms with Crippen molar-refractivity contribution in [2.45, 2.75) is 19.9 Å². The number of nitrogens with zero attached hydrogens (tertiary/aromatic N) is 4. The van der Waals surface area contributed by atoms with Crippen LogP contribution >= 0.6 is 11.6 Å². The van der Waals surface area contributed by atoms with Crippen molar-refractivity contribution in [3.8, 4) is 0 Å². The number of benzene rings is 1. The molecule has 8 heteroatoms. The van der Waals surface area contributed by atoms with Gasteiger partial charge in [-0.3, -0.25) is 14.8 Å². The highest BCUT2D eigenvalue weighted by Crippen LogP contribution is 2.36. The van der Waals surface area contributed by atoms with Crippen LogP contribution in [0.25, 0.3) is 10.9 Å². The van der Waals surface area contributed by atoms with Gasteiger partial charge in [-0.05, 0) is 18.6 Å². The quantitative estimate of drug-likeness (QED) is 0.840. The third-order valence-electron chi connectivity index (χ3n) is 4.94. The van der Waals surface area contributed by atoms with Gasteiger partial charge in [-0.1, -0.05) is 11.6 Å². The second-order valence-electron chi connectivity index (χ2n) is 6.69. The van der Waals surface area contributed by atoms with Crippen molar-refractivity contribution in [3.63, 3.8) is 0 Å². The number of aliphatic hydroxyl groups excluding tert-OH is 1. The molecule has 136 valence electrons. The van der Waals surface area contributed by atoms with Gasteiger partial charge < -0.3 is 15.0 Å². The molecule has 4 rings (SSSR count). The first-order valence-corrected chi connectivity index (χ1v) is 8.89. The number of aliphatic hydroxyl groups is 1. The van der Waals surface area contributed by atoms with Crippen molar-refractivity contribution in [3.05, 3.63) is 33.5 Å². The summed E-state index contributed by atoms with van der Waals surface area (Å²) < 4.78 is 0. The first kappa shape index (κ1) is 17.1. The molecular formula is C18H20ClN5O2. The third kappa shape index (κ3) is 2.68. The van der Waals surface area contributed by atoms with Crippen molar-refractivity contribution in [1.29, 1.82) is 0 Å². The Labute approximate surface area is 155 Å². The maximum absolute atomic E-state index is 12.0. The lowest BCUT2D eigenvalue weighted by Crippen LogP contribution is -2.37. The summed E-state index contributed by atoms with van der Waals surface area (Å²) in [6, 6.07) is 2.04. The molecule has 2 aromatic rings. The third-order valence-corrected chi connectivity index (χ3v) is 5.42. The largest absolute Gasteiger partial charge is 0.387 e. The van der Waals surface area contributed by atoms with E-state index >= 15 is 0 Å². The fraction of sp³-hybridized carbons (Fsp3) is 0.389. The van der Waals surface area contributed by atoms with Crippen LogP contribution < -0.4 is 0 Å². The van der Waals surface area contributed by atoms with Crippen LogP contribution in [-0.4, -0.2) is 64.7 Å². The van der Waals surface area contributed by atoms with E-state index in [9.17, 15) is 9.90 Å². The summed E-state index contributed by atoms with van der Waals surface area (Å²) in [5.74, 6) is -0.260. The molecule has 0 saturated heterocycles. The number of hydrogen-bond donors (Lipinski definition) is 2. The summed E-state index contributed by atoms with van der Waals surface area (Å²) in [6.45, 7) is 3.03. The Kier molecular flexibility index (Phi) is 4.20. The number of nitrogens with one attached hydrogen (secondary N) is 1. The Morgan fingerprint density at radius 1 is 1.46 bits per heavy atom. The number of hydrazone groups is 1. The first-order chi connectivity index (χ1) is 12.5. The lowest BCUT2D eigenvalue weighted by Gasteiger charge is -2.27. The molecule has 1 aromatic heterocycles. The Morgan fingerprint density at radius 3 is 3.00 bits per heavy atom. The van der Waals surface area contributed by atoms with Crippen molar-refractivity contribution >= 4 is 40.5 Å². The minimum atomic E-state index is -0.476. The summed E-state index contributed by atoms with van der Waals surface area (Å²) in [5.41, 5.74) is 5.84. The SMILES string of the molecule is Cc1cc(C2=NN(C)C=NC2)c2c3c([nH]c2c1Cl)CCN(C(=O)CO)C3. The molecular weight excluding hydrogens is 354 g/mol. The number of H-pyrrole nitrogens is 1. The van der Waals surface area contributed by atoms with Gasteiger partial charge in [0.25, 0.3) is 0 Å². The van der Waals surface area contributed by atoms with Crippen LogP contribution in [0.15, 0.2) is 16.2 Å². The molecule has 0 fully saturated rings. The van der Waals surface area contributed by atoms with Crippen LogP contribution in [0.2, 0.25) is 5.02 Å². The van der Waals surface area contributed by atoms with Crippen molar-refractivity contribution < 1.29 is 9.90 Å². The number of aryl methyl sites for hydroxylation is 1. The number of carbonyl (C=O) groups excluding carboxylic acids is 1. The molecule has 2 N–H and O–H groups in total. The van der Waals surface area contributed by atoms with Crippen molar-refractivity contribution in [2.75, 3.05) is 26.7 Å². The summed E-state index contributed by atoms with van der Waals surface area (Å²) in [4.78, 5) is 21.5. The molecule has 0 atom stereocenters. The van der Waals surface area contributed by atoms with E-state index in [1.807, 2.05) is 20.0 Å². The molecule has 0 spiro atoms. The van der Waals surface area contributed by atoms with E-state index in [2.05, 4.69) is 15.1 Å². The molecule has 0 aliphatic carbocycles. The Bertz CT molecular complexity index is 962. The molecule has 0 unspecified atom stereocenters. The molecule has 26 heavy (non-hydrogen) atoms. The normalized spacial score (nSPS) is 16.8. The minimum Gasteiger partial charge on any atom is -0.387 e. The van der Waals surface area contributed by atoms with E-state index in [0.29, 0.717) is 31.1 Å². The zero-order valence-corrected chi connectivity index (χ0v) is 15.5. The van der Waals surface area contributed by atoms with Gasteiger partial charge in [-0.2, -0.15) is 5.10 Å². The van der Waals surface area contributed by atoms with Gasteiger partial charge in [-0.25, -0.2) is 0 Å². The van der Waals surface area contributed by atoms with Gasteiger partial charge in [0.2, 0.25) is 5.91 Å². The van der Waals surface area contributed by atoms with E-state index in [0.717, 1.165) is 39.0 Å². The molecule has 3 heterocycles. The highest BCUT2D eigenvalue weighted by molar-refractivity contribution is 6.37. The molecule has 7 nitrogen and oxygen atoms in total. The Balaban J connectivity index is 1.92. The van der Waals surface area contributed by atoms with E-state index in [1.54, 1.807) is 16.2 Å². The number of aromatic amines is 1. The van der Waals surface area contributed by atoms with Gasteiger partial charge in [0, 0.05) is 48.8 Å². The predicted molar refractivity (Wildman–Crippen MR) is 102 cm³/mol. The number of rotatable bonds is 2. The van der Waals surface area contributed by atoms with E-state index in [1.165, 1.54) is 0 Å². The Morgan fingerprint density at radius 2 is 2.27 bits per heavy atom. The second kappa shape index (κ2) is 6.41. The smallest absolute Gasteiger partial charge is 0.248 e. The standard InChI is InChI=1S/C18H20ClN5O2/c1-10-5-11(14-6-20-9-23(2)22-14)16-12-7-24(15(26)8-25)4-3-13(12)21-18(16)17(10)19/h5,9,21,25H,3-4,6-8H2,1-2H3. The van der Waals surface area contributed by atoms with Crippen LogP contribution in [0.4, 0.5) is 0 Å². The van der Waals surface area contributed by atoms with Crippen molar-refractivity contribution in [1.82, 2.24) is 14.9 Å². The summed E-state index contributed by atoms with van der Waals surface area (Å²) in [5, 5.41) is 17.2. The topological polar surface area (TPSA) is 84.3 Å². The molecule has 1 amide bonds. The molecule has 0 saturated carbocycles. The zero-order chi connectivity index (χ0) is 18.4. The molecule has 2 aliphatic rings. The average molecular weight is 374 g/mol. The van der Waals surface area contributed by atoms with E-state index < -0.39 is 6.61 Å². The number of halogens is 1. The highest BCUT2D eigenvalue weighted by atomic mass is 35.5. The number of aliphatic imine (C=N–C) groups is 1. The first-order valence-electron chi connectivity index (χ1n) is 8.51. The fourth-order valence-electron chi connectivity index (χ4n) is 3.68. The van der Waals surface area contributed by atoms with E-state index in [-0.39, 0.29) is 5.91 Å². The van der Waals surface area contributed by atoms with Gasteiger partial charge in [0.05, 0.1) is 22.8 Å². The van der Waals surface area contributed by atoms with Gasteiger partial charge in [0.15, 0.2) is 0 Å². The van der Waals surface area contributed by atoms with Crippen LogP contribution in [-0.2, 0) is 17.8 Å². The Hall–Kier alpha value is -2.38. The summed E-state index contributed by atoms with van der Waals surface area (Å²) in [6.07, 6.45) is 2.40. The number of amides is 1. The minimum absolute atomic E-state index is 0.260. The molecule has 1 aromatic carbocycles. The summed E-state index contributed by atoms with van der Waals surface area (Å²) >= 11 is 6.58. The predicted octanol–water partition coefficient (Wildman–Crippen LogP) is 1.68. The maximum atomic E-state index is 12.0. The summed E-state index contributed by atoms with van der Waals surface area (Å²) in [7, 11) is 1.84. The lowest BCUT2D eigenvalue weighted by atomic mass is 9.96. The number of fused-ring (bicyclic) bond motifs is 3. The monoisotopic (exact) mass is 373 g/mol. The highest BCUT2D eigenvalue weighted by Gasteiger charge is 2.27. The van der Waals surface area contributed by atoms with Gasteiger partial charge in [-0.15, -0.1) is 0 Å². The zero-order valence-electron chi connectivity index (χ0n) is 14.7. The molecule has 0 bridgehead atoms. The van der Waals surface area contributed by atoms with E-state index in [4.69, 9.17) is 11.6 Å². The number of aromatic nitrogens is 1. The average Bonchev–Trinajstić information content (AvgIpc) is 3.03. The van der Waals surface area contributed by atoms with Crippen LogP contribution in [0.5, 0.6) is 0 Å². The fourth-order valence-corrected chi connectivity index (χ4v) is 3.88. The molecule has 2 aliphatic heterocycles. The lowest BCUT2D eigenvalue weighted by molar-refractivity contribution is -0.135. The second-order valence-corrected chi connectivity index (χ2v) is 7.07. The molecule has 0 radical (unpaired) electrons. The number of hydrogen-bond acceptors (Lipinski definition) is 5. The number of carbonyl (C=O) groups is 1. The van der Waals surface area contributed by atoms with Gasteiger partial charge in [0.1, 0.15) is 12.9 Å². The van der Waals surface area contributed by atoms with Crippen LogP contribution in [0, 0.1) is 6.92 Å².